The SMILES string of the molecule is CC(CCO)Nc1cc(C#N)ccc1[N+](=O)[O-]. The largest absolute Gasteiger partial charge is 0.396 e. The van der Waals surface area contributed by atoms with Gasteiger partial charge >= 0.3 is 0 Å². The standard InChI is InChI=1S/C11H13N3O3/c1-8(4-5-15)13-10-6-9(7-12)2-3-11(10)14(16)17/h2-3,6,8,13,15H,4-5H2,1H3. The van der Waals surface area contributed by atoms with Gasteiger partial charge in [0.05, 0.1) is 16.6 Å². The molecule has 0 fully saturated rings. The lowest BCUT2D eigenvalue weighted by Crippen LogP contribution is -2.17. The zero-order valence-corrected chi connectivity index (χ0v) is 9.38. The fourth-order valence-electron chi connectivity index (χ4n) is 1.41. The molecular formula is C11H13N3O3. The third-order valence-electron chi connectivity index (χ3n) is 2.29. The molecule has 1 aromatic carbocycles. The Morgan fingerprint density at radius 1 is 1.65 bits per heavy atom. The van der Waals surface area contributed by atoms with Gasteiger partial charge < -0.3 is 10.4 Å². The zero-order chi connectivity index (χ0) is 12.8. The van der Waals surface area contributed by atoms with Crippen molar-refractivity contribution < 1.29 is 10.0 Å². The van der Waals surface area contributed by atoms with E-state index in [0.29, 0.717) is 17.7 Å². The van der Waals surface area contributed by atoms with Gasteiger partial charge in [-0.05, 0) is 25.5 Å². The van der Waals surface area contributed by atoms with Gasteiger partial charge in [0.2, 0.25) is 0 Å². The summed E-state index contributed by atoms with van der Waals surface area (Å²) in [7, 11) is 0. The van der Waals surface area contributed by atoms with Crippen LogP contribution in [0.4, 0.5) is 11.4 Å². The Morgan fingerprint density at radius 3 is 2.88 bits per heavy atom. The number of nitrogens with one attached hydrogen (secondary N) is 1. The molecule has 0 saturated heterocycles. The molecule has 1 aromatic rings. The maximum atomic E-state index is 10.8. The second-order valence-corrected chi connectivity index (χ2v) is 3.66. The molecule has 0 amide bonds. The Bertz CT molecular complexity index is 454. The fraction of sp³-hybridized carbons (Fsp3) is 0.364. The number of rotatable bonds is 5. The Hall–Kier alpha value is -2.13. The molecule has 1 atom stereocenters. The lowest BCUT2D eigenvalue weighted by atomic mass is 10.1. The highest BCUT2D eigenvalue weighted by Crippen LogP contribution is 2.26. The van der Waals surface area contributed by atoms with E-state index in [1.54, 1.807) is 6.92 Å². The monoisotopic (exact) mass is 235 g/mol. The molecule has 6 nitrogen and oxygen atoms in total. The van der Waals surface area contributed by atoms with Crippen LogP contribution in [0, 0.1) is 21.4 Å². The Morgan fingerprint density at radius 2 is 2.35 bits per heavy atom. The molecule has 0 aliphatic rings. The molecule has 0 aliphatic heterocycles. The first kappa shape index (κ1) is 12.9. The van der Waals surface area contributed by atoms with Gasteiger partial charge in [-0.2, -0.15) is 5.26 Å². The number of nitro benzene ring substituents is 1. The van der Waals surface area contributed by atoms with E-state index in [2.05, 4.69) is 5.32 Å². The lowest BCUT2D eigenvalue weighted by Gasteiger charge is -2.13. The van der Waals surface area contributed by atoms with E-state index in [4.69, 9.17) is 10.4 Å². The normalized spacial score (nSPS) is 11.6. The minimum atomic E-state index is -0.505. The first-order chi connectivity index (χ1) is 8.08. The average Bonchev–Trinajstić information content (AvgIpc) is 2.28. The smallest absolute Gasteiger partial charge is 0.292 e. The van der Waals surface area contributed by atoms with Crippen molar-refractivity contribution in [1.82, 2.24) is 0 Å². The molecule has 6 heteroatoms. The highest BCUT2D eigenvalue weighted by Gasteiger charge is 2.15. The van der Waals surface area contributed by atoms with Gasteiger partial charge in [-0.1, -0.05) is 0 Å². The van der Waals surface area contributed by atoms with Gasteiger partial charge in [-0.15, -0.1) is 0 Å². The maximum Gasteiger partial charge on any atom is 0.292 e. The average molecular weight is 235 g/mol. The Labute approximate surface area is 98.6 Å². The van der Waals surface area contributed by atoms with Crippen LogP contribution in [-0.4, -0.2) is 22.7 Å². The number of aliphatic hydroxyl groups excluding tert-OH is 1. The number of nitriles is 1. The van der Waals surface area contributed by atoms with Crippen molar-refractivity contribution in [2.75, 3.05) is 11.9 Å². The molecule has 90 valence electrons. The van der Waals surface area contributed by atoms with E-state index in [1.807, 2.05) is 6.07 Å². The van der Waals surface area contributed by atoms with Crippen molar-refractivity contribution in [2.45, 2.75) is 19.4 Å². The minimum absolute atomic E-state index is 0.0000942. The van der Waals surface area contributed by atoms with E-state index in [1.165, 1.54) is 18.2 Å². The summed E-state index contributed by atoms with van der Waals surface area (Å²) in [5.41, 5.74) is 0.582. The summed E-state index contributed by atoms with van der Waals surface area (Å²) in [6, 6.07) is 5.96. The highest BCUT2D eigenvalue weighted by atomic mass is 16.6. The molecule has 2 N–H and O–H groups in total. The van der Waals surface area contributed by atoms with Crippen molar-refractivity contribution in [3.05, 3.63) is 33.9 Å². The van der Waals surface area contributed by atoms with Crippen molar-refractivity contribution in [3.63, 3.8) is 0 Å². The summed E-state index contributed by atoms with van der Waals surface area (Å²) in [5.74, 6) is 0. The number of hydrogen-bond donors (Lipinski definition) is 2. The van der Waals surface area contributed by atoms with Gasteiger partial charge in [-0.3, -0.25) is 10.1 Å². The molecule has 1 rings (SSSR count). The Kier molecular flexibility index (Phi) is 4.43. The van der Waals surface area contributed by atoms with Gasteiger partial charge in [-0.25, -0.2) is 0 Å². The maximum absolute atomic E-state index is 10.8. The summed E-state index contributed by atoms with van der Waals surface area (Å²) in [4.78, 5) is 10.3. The van der Waals surface area contributed by atoms with Crippen molar-refractivity contribution in [3.8, 4) is 6.07 Å². The predicted molar refractivity (Wildman–Crippen MR) is 62.6 cm³/mol. The van der Waals surface area contributed by atoms with Crippen LogP contribution in [0.5, 0.6) is 0 Å². The topological polar surface area (TPSA) is 99.2 Å². The molecule has 0 aliphatic carbocycles. The number of benzene rings is 1. The van der Waals surface area contributed by atoms with Crippen LogP contribution in [0.25, 0.3) is 0 Å². The highest BCUT2D eigenvalue weighted by molar-refractivity contribution is 5.64. The molecule has 17 heavy (non-hydrogen) atoms. The first-order valence-electron chi connectivity index (χ1n) is 5.14. The molecule has 0 heterocycles. The molecule has 0 saturated carbocycles. The quantitative estimate of drug-likeness (QED) is 0.597. The molecule has 0 spiro atoms. The van der Waals surface area contributed by atoms with Gasteiger partial charge in [0.25, 0.3) is 5.69 Å². The molecule has 0 bridgehead atoms. The van der Waals surface area contributed by atoms with Gasteiger partial charge in [0.15, 0.2) is 0 Å². The minimum Gasteiger partial charge on any atom is -0.396 e. The molecule has 0 radical (unpaired) electrons. The van der Waals surface area contributed by atoms with Crippen LogP contribution in [0.1, 0.15) is 18.9 Å². The summed E-state index contributed by atoms with van der Waals surface area (Å²) < 4.78 is 0. The summed E-state index contributed by atoms with van der Waals surface area (Å²) in [5, 5.41) is 31.2. The van der Waals surface area contributed by atoms with Gasteiger partial charge in [0, 0.05) is 18.7 Å². The van der Waals surface area contributed by atoms with E-state index in [0.717, 1.165) is 0 Å². The number of hydrogen-bond acceptors (Lipinski definition) is 5. The van der Waals surface area contributed by atoms with Crippen molar-refractivity contribution in [1.29, 1.82) is 5.26 Å². The molecule has 1 unspecified atom stereocenters. The van der Waals surface area contributed by atoms with E-state index >= 15 is 0 Å². The van der Waals surface area contributed by atoms with Crippen molar-refractivity contribution in [2.24, 2.45) is 0 Å². The zero-order valence-electron chi connectivity index (χ0n) is 9.38. The third kappa shape index (κ3) is 3.43. The number of aliphatic hydroxyl groups is 1. The van der Waals surface area contributed by atoms with Crippen LogP contribution in [-0.2, 0) is 0 Å². The van der Waals surface area contributed by atoms with Gasteiger partial charge in [0.1, 0.15) is 5.69 Å². The van der Waals surface area contributed by atoms with Crippen LogP contribution in [0.3, 0.4) is 0 Å². The third-order valence-corrected chi connectivity index (χ3v) is 2.29. The van der Waals surface area contributed by atoms with Crippen LogP contribution >= 0.6 is 0 Å². The second-order valence-electron chi connectivity index (χ2n) is 3.66. The van der Waals surface area contributed by atoms with Crippen LogP contribution in [0.15, 0.2) is 18.2 Å². The molecular weight excluding hydrogens is 222 g/mol. The van der Waals surface area contributed by atoms with E-state index < -0.39 is 4.92 Å². The first-order valence-corrected chi connectivity index (χ1v) is 5.14. The predicted octanol–water partition coefficient (Wildman–Crippen LogP) is 1.65. The van der Waals surface area contributed by atoms with Crippen LogP contribution < -0.4 is 5.32 Å². The number of nitro groups is 1. The number of anilines is 1. The van der Waals surface area contributed by atoms with E-state index in [9.17, 15) is 10.1 Å². The van der Waals surface area contributed by atoms with Crippen LogP contribution in [0.2, 0.25) is 0 Å². The lowest BCUT2D eigenvalue weighted by molar-refractivity contribution is -0.384. The molecule has 0 aromatic heterocycles. The second kappa shape index (κ2) is 5.82. The Balaban J connectivity index is 3.01. The summed E-state index contributed by atoms with van der Waals surface area (Å²) in [6.07, 6.45) is 0.480. The fourth-order valence-corrected chi connectivity index (χ4v) is 1.41. The number of nitrogens with zero attached hydrogens (tertiary/aromatic N) is 2. The summed E-state index contributed by atoms with van der Waals surface area (Å²) >= 11 is 0. The van der Waals surface area contributed by atoms with E-state index in [-0.39, 0.29) is 18.3 Å². The summed E-state index contributed by atoms with van der Waals surface area (Å²) in [6.45, 7) is 1.80. The van der Waals surface area contributed by atoms with Crippen molar-refractivity contribution >= 4 is 11.4 Å².